The van der Waals surface area contributed by atoms with Gasteiger partial charge in [0.15, 0.2) is 0 Å². The second kappa shape index (κ2) is 6.52. The van der Waals surface area contributed by atoms with Crippen molar-refractivity contribution in [2.24, 2.45) is 11.1 Å². The molecule has 0 fully saturated rings. The van der Waals surface area contributed by atoms with Gasteiger partial charge in [0.25, 0.3) is 0 Å². The van der Waals surface area contributed by atoms with Gasteiger partial charge >= 0.3 is 0 Å². The van der Waals surface area contributed by atoms with Crippen molar-refractivity contribution in [2.45, 2.75) is 26.7 Å². The second-order valence-electron chi connectivity index (χ2n) is 4.31. The Kier molecular flexibility index (Phi) is 5.30. The quantitative estimate of drug-likeness (QED) is 0.786. The predicted molar refractivity (Wildman–Crippen MR) is 81.4 cm³/mol. The van der Waals surface area contributed by atoms with Crippen LogP contribution < -0.4 is 15.8 Å². The topological polar surface area (TPSA) is 64.3 Å². The predicted octanol–water partition coefficient (Wildman–Crippen LogP) is 2.73. The molecule has 5 heteroatoms. The van der Waals surface area contributed by atoms with E-state index in [4.69, 9.17) is 22.7 Å². The Morgan fingerprint density at radius 2 is 1.95 bits per heavy atom. The highest BCUT2D eigenvalue weighted by Gasteiger charge is 2.38. The van der Waals surface area contributed by atoms with Gasteiger partial charge in [0.2, 0.25) is 5.91 Å². The number of para-hydroxylation sites is 2. The molecule has 4 nitrogen and oxygen atoms in total. The van der Waals surface area contributed by atoms with E-state index in [0.29, 0.717) is 24.3 Å². The standard InChI is InChI=1S/C14H20N2O2S/c1-4-14(5-2,12(15)19)13(17)16-10-8-6-7-9-11(10)18-3/h6-9H,4-5H2,1-3H3,(H2,15,19)(H,16,17). The maximum atomic E-state index is 12.5. The van der Waals surface area contributed by atoms with Crippen molar-refractivity contribution in [1.29, 1.82) is 0 Å². The van der Waals surface area contributed by atoms with E-state index in [9.17, 15) is 4.79 Å². The van der Waals surface area contributed by atoms with Crippen molar-refractivity contribution in [3.05, 3.63) is 24.3 Å². The van der Waals surface area contributed by atoms with Crippen molar-refractivity contribution in [3.8, 4) is 5.75 Å². The first kappa shape index (κ1) is 15.4. The highest BCUT2D eigenvalue weighted by atomic mass is 32.1. The van der Waals surface area contributed by atoms with Crippen LogP contribution in [0.3, 0.4) is 0 Å². The van der Waals surface area contributed by atoms with Crippen LogP contribution in [-0.2, 0) is 4.79 Å². The van der Waals surface area contributed by atoms with E-state index < -0.39 is 5.41 Å². The average Bonchev–Trinajstić information content (AvgIpc) is 2.41. The van der Waals surface area contributed by atoms with Crippen LogP contribution in [0.4, 0.5) is 5.69 Å². The molecule has 0 aromatic heterocycles. The van der Waals surface area contributed by atoms with Crippen molar-refractivity contribution in [1.82, 2.24) is 0 Å². The van der Waals surface area contributed by atoms with E-state index in [2.05, 4.69) is 5.32 Å². The Bertz CT molecular complexity index is 470. The number of amides is 1. The maximum Gasteiger partial charge on any atom is 0.237 e. The number of methoxy groups -OCH3 is 1. The van der Waals surface area contributed by atoms with Gasteiger partial charge in [-0.25, -0.2) is 0 Å². The van der Waals surface area contributed by atoms with Crippen molar-refractivity contribution >= 4 is 28.8 Å². The van der Waals surface area contributed by atoms with Crippen LogP contribution >= 0.6 is 12.2 Å². The number of benzene rings is 1. The molecule has 0 aliphatic rings. The summed E-state index contributed by atoms with van der Waals surface area (Å²) in [4.78, 5) is 12.7. The molecule has 0 heterocycles. The lowest BCUT2D eigenvalue weighted by Gasteiger charge is -2.29. The van der Waals surface area contributed by atoms with Gasteiger partial charge in [0.05, 0.1) is 23.2 Å². The normalized spacial score (nSPS) is 10.9. The first-order chi connectivity index (χ1) is 9.01. The molecule has 0 saturated carbocycles. The summed E-state index contributed by atoms with van der Waals surface area (Å²) in [6, 6.07) is 7.25. The van der Waals surface area contributed by atoms with E-state index in [1.807, 2.05) is 26.0 Å². The van der Waals surface area contributed by atoms with Gasteiger partial charge in [-0.3, -0.25) is 4.79 Å². The SMILES string of the molecule is CCC(CC)(C(=O)Nc1ccccc1OC)C(N)=S. The summed E-state index contributed by atoms with van der Waals surface area (Å²) >= 11 is 5.07. The first-order valence-electron chi connectivity index (χ1n) is 6.26. The molecule has 1 aromatic carbocycles. The molecular weight excluding hydrogens is 260 g/mol. The molecule has 0 atom stereocenters. The molecular formula is C14H20N2O2S. The lowest BCUT2D eigenvalue weighted by molar-refractivity contribution is -0.122. The molecule has 1 aromatic rings. The van der Waals surface area contributed by atoms with Gasteiger partial charge in [-0.2, -0.15) is 0 Å². The fourth-order valence-corrected chi connectivity index (χ4v) is 2.40. The van der Waals surface area contributed by atoms with E-state index in [0.717, 1.165) is 0 Å². The molecule has 0 spiro atoms. The van der Waals surface area contributed by atoms with E-state index in [1.165, 1.54) is 0 Å². The minimum absolute atomic E-state index is 0.186. The smallest absolute Gasteiger partial charge is 0.237 e. The van der Waals surface area contributed by atoms with Crippen LogP contribution in [0, 0.1) is 5.41 Å². The molecule has 0 bridgehead atoms. The molecule has 0 radical (unpaired) electrons. The molecule has 3 N–H and O–H groups in total. The molecule has 1 rings (SSSR count). The number of thiocarbonyl (C=S) groups is 1. The summed E-state index contributed by atoms with van der Waals surface area (Å²) in [5.74, 6) is 0.425. The summed E-state index contributed by atoms with van der Waals surface area (Å²) in [5.41, 5.74) is 5.57. The summed E-state index contributed by atoms with van der Waals surface area (Å²) in [7, 11) is 1.56. The monoisotopic (exact) mass is 280 g/mol. The van der Waals surface area contributed by atoms with Crippen LogP contribution in [0.25, 0.3) is 0 Å². The summed E-state index contributed by atoms with van der Waals surface area (Å²) < 4.78 is 5.21. The third-order valence-corrected chi connectivity index (χ3v) is 3.86. The molecule has 1 amide bonds. The Morgan fingerprint density at radius 3 is 2.42 bits per heavy atom. The van der Waals surface area contributed by atoms with Crippen molar-refractivity contribution < 1.29 is 9.53 Å². The molecule has 0 aliphatic carbocycles. The minimum atomic E-state index is -0.809. The number of carbonyl (C=O) groups excluding carboxylic acids is 1. The fraction of sp³-hybridized carbons (Fsp3) is 0.429. The summed E-state index contributed by atoms with van der Waals surface area (Å²) in [6.45, 7) is 3.81. The number of nitrogens with one attached hydrogen (secondary N) is 1. The minimum Gasteiger partial charge on any atom is -0.495 e. The highest BCUT2D eigenvalue weighted by molar-refractivity contribution is 7.80. The molecule has 0 saturated heterocycles. The van der Waals surface area contributed by atoms with Crippen LogP contribution in [0.1, 0.15) is 26.7 Å². The lowest BCUT2D eigenvalue weighted by Crippen LogP contribution is -2.45. The summed E-state index contributed by atoms with van der Waals surface area (Å²) in [5, 5.41) is 2.85. The average molecular weight is 280 g/mol. The molecule has 0 unspecified atom stereocenters. The van der Waals surface area contributed by atoms with Crippen LogP contribution in [0.2, 0.25) is 0 Å². The zero-order valence-electron chi connectivity index (χ0n) is 11.5. The highest BCUT2D eigenvalue weighted by Crippen LogP contribution is 2.31. The van der Waals surface area contributed by atoms with Gasteiger partial charge in [-0.1, -0.05) is 38.2 Å². The van der Waals surface area contributed by atoms with E-state index in [-0.39, 0.29) is 10.9 Å². The Balaban J connectivity index is 3.04. The van der Waals surface area contributed by atoms with Gasteiger partial charge < -0.3 is 15.8 Å². The Hall–Kier alpha value is -1.62. The lowest BCUT2D eigenvalue weighted by atomic mass is 9.81. The van der Waals surface area contributed by atoms with Crippen molar-refractivity contribution in [2.75, 3.05) is 12.4 Å². The van der Waals surface area contributed by atoms with Gasteiger partial charge in [0, 0.05) is 0 Å². The number of rotatable bonds is 6. The van der Waals surface area contributed by atoms with Gasteiger partial charge in [0.1, 0.15) is 5.75 Å². The van der Waals surface area contributed by atoms with Crippen LogP contribution in [0.15, 0.2) is 24.3 Å². The zero-order valence-corrected chi connectivity index (χ0v) is 12.3. The van der Waals surface area contributed by atoms with E-state index >= 15 is 0 Å². The fourth-order valence-electron chi connectivity index (χ4n) is 2.02. The maximum absolute atomic E-state index is 12.5. The number of nitrogens with two attached hydrogens (primary N) is 1. The number of carbonyl (C=O) groups is 1. The van der Waals surface area contributed by atoms with Gasteiger partial charge in [-0.05, 0) is 25.0 Å². The van der Waals surface area contributed by atoms with Crippen molar-refractivity contribution in [3.63, 3.8) is 0 Å². The number of hydrogen-bond acceptors (Lipinski definition) is 3. The summed E-state index contributed by atoms with van der Waals surface area (Å²) in [6.07, 6.45) is 1.14. The third-order valence-electron chi connectivity index (χ3n) is 3.47. The Labute approximate surface area is 119 Å². The first-order valence-corrected chi connectivity index (χ1v) is 6.67. The molecule has 104 valence electrons. The number of hydrogen-bond donors (Lipinski definition) is 2. The van der Waals surface area contributed by atoms with E-state index in [1.54, 1.807) is 19.2 Å². The molecule has 19 heavy (non-hydrogen) atoms. The molecule has 0 aliphatic heterocycles. The number of anilines is 1. The van der Waals surface area contributed by atoms with Gasteiger partial charge in [-0.15, -0.1) is 0 Å². The second-order valence-corrected chi connectivity index (χ2v) is 4.75. The zero-order chi connectivity index (χ0) is 14.5. The largest absolute Gasteiger partial charge is 0.495 e. The van der Waals surface area contributed by atoms with Crippen LogP contribution in [0.5, 0.6) is 5.75 Å². The Morgan fingerprint density at radius 1 is 1.37 bits per heavy atom. The van der Waals surface area contributed by atoms with Crippen LogP contribution in [-0.4, -0.2) is 18.0 Å². The third kappa shape index (κ3) is 3.04. The number of ether oxygens (including phenoxy) is 1.